The Balaban J connectivity index is 3.02. The highest BCUT2D eigenvalue weighted by molar-refractivity contribution is 9.10. The second kappa shape index (κ2) is 4.26. The maximum absolute atomic E-state index is 9.56. The van der Waals surface area contributed by atoms with Gasteiger partial charge in [0.15, 0.2) is 0 Å². The standard InChI is InChI=1S/C9H9BrN2O/c10-7-3-1-2-6(9(7)13)8(12)4-5-11/h1-3,8,13H,4,12H2/t8-/m1/s1. The van der Waals surface area contributed by atoms with Crippen LogP contribution in [0.15, 0.2) is 22.7 Å². The Morgan fingerprint density at radius 1 is 1.62 bits per heavy atom. The summed E-state index contributed by atoms with van der Waals surface area (Å²) in [7, 11) is 0. The fourth-order valence-corrected chi connectivity index (χ4v) is 1.42. The molecule has 0 unspecified atom stereocenters. The van der Waals surface area contributed by atoms with Gasteiger partial charge in [-0.3, -0.25) is 0 Å². The van der Waals surface area contributed by atoms with Gasteiger partial charge in [-0.05, 0) is 22.0 Å². The van der Waals surface area contributed by atoms with Gasteiger partial charge < -0.3 is 10.8 Å². The van der Waals surface area contributed by atoms with Gasteiger partial charge in [-0.25, -0.2) is 0 Å². The van der Waals surface area contributed by atoms with Gasteiger partial charge in [0, 0.05) is 11.6 Å². The van der Waals surface area contributed by atoms with Crippen LogP contribution in [0.1, 0.15) is 18.0 Å². The first-order valence-electron chi connectivity index (χ1n) is 3.76. The number of phenols is 1. The average Bonchev–Trinajstić information content (AvgIpc) is 2.10. The number of nitrogens with zero attached hydrogens (tertiary/aromatic N) is 1. The zero-order valence-electron chi connectivity index (χ0n) is 6.87. The Labute approximate surface area is 84.9 Å². The van der Waals surface area contributed by atoms with Gasteiger partial charge in [-0.2, -0.15) is 5.26 Å². The summed E-state index contributed by atoms with van der Waals surface area (Å²) in [5, 5.41) is 18.0. The summed E-state index contributed by atoms with van der Waals surface area (Å²) in [6.45, 7) is 0. The van der Waals surface area contributed by atoms with Gasteiger partial charge in [0.25, 0.3) is 0 Å². The SMILES string of the molecule is N#CC[C@@H](N)c1cccc(Br)c1O. The van der Waals surface area contributed by atoms with Crippen molar-refractivity contribution in [3.63, 3.8) is 0 Å². The van der Waals surface area contributed by atoms with Crippen molar-refractivity contribution < 1.29 is 5.11 Å². The molecule has 0 fully saturated rings. The first kappa shape index (κ1) is 10.0. The van der Waals surface area contributed by atoms with Crippen molar-refractivity contribution in [2.75, 3.05) is 0 Å². The maximum Gasteiger partial charge on any atom is 0.134 e. The molecule has 13 heavy (non-hydrogen) atoms. The van der Waals surface area contributed by atoms with Crippen LogP contribution in [0.3, 0.4) is 0 Å². The summed E-state index contributed by atoms with van der Waals surface area (Å²) >= 11 is 3.18. The molecular weight excluding hydrogens is 232 g/mol. The number of nitrogens with two attached hydrogens (primary N) is 1. The molecule has 0 saturated heterocycles. The Hall–Kier alpha value is -1.05. The normalized spacial score (nSPS) is 12.1. The number of aromatic hydroxyl groups is 1. The van der Waals surface area contributed by atoms with Crippen LogP contribution in [0.2, 0.25) is 0 Å². The first-order chi connectivity index (χ1) is 6.16. The van der Waals surface area contributed by atoms with Crippen molar-refractivity contribution >= 4 is 15.9 Å². The number of nitriles is 1. The van der Waals surface area contributed by atoms with E-state index >= 15 is 0 Å². The molecule has 0 radical (unpaired) electrons. The summed E-state index contributed by atoms with van der Waals surface area (Å²) in [5.41, 5.74) is 6.27. The molecule has 3 nitrogen and oxygen atoms in total. The third-order valence-corrected chi connectivity index (χ3v) is 2.37. The Morgan fingerprint density at radius 3 is 2.92 bits per heavy atom. The van der Waals surface area contributed by atoms with E-state index in [-0.39, 0.29) is 12.2 Å². The highest BCUT2D eigenvalue weighted by Crippen LogP contribution is 2.31. The second-order valence-corrected chi connectivity index (χ2v) is 3.50. The molecule has 0 aromatic heterocycles. The molecule has 1 aromatic rings. The van der Waals surface area contributed by atoms with E-state index in [4.69, 9.17) is 11.0 Å². The van der Waals surface area contributed by atoms with E-state index in [1.165, 1.54) is 0 Å². The molecule has 0 bridgehead atoms. The lowest BCUT2D eigenvalue weighted by atomic mass is 10.0. The highest BCUT2D eigenvalue weighted by Gasteiger charge is 2.11. The number of para-hydroxylation sites is 1. The van der Waals surface area contributed by atoms with Crippen LogP contribution in [-0.2, 0) is 0 Å². The van der Waals surface area contributed by atoms with Gasteiger partial charge >= 0.3 is 0 Å². The summed E-state index contributed by atoms with van der Waals surface area (Å²) in [6.07, 6.45) is 0.198. The predicted octanol–water partition coefficient (Wildman–Crippen LogP) is 2.07. The minimum Gasteiger partial charge on any atom is -0.506 e. The lowest BCUT2D eigenvalue weighted by Crippen LogP contribution is -2.09. The van der Waals surface area contributed by atoms with Gasteiger partial charge in [0.1, 0.15) is 5.75 Å². The molecule has 0 amide bonds. The lowest BCUT2D eigenvalue weighted by molar-refractivity contribution is 0.458. The van der Waals surface area contributed by atoms with Crippen LogP contribution < -0.4 is 5.73 Å². The highest BCUT2D eigenvalue weighted by atomic mass is 79.9. The topological polar surface area (TPSA) is 70.0 Å². The van der Waals surface area contributed by atoms with Crippen LogP contribution in [0.25, 0.3) is 0 Å². The van der Waals surface area contributed by atoms with E-state index in [1.54, 1.807) is 18.2 Å². The molecule has 1 rings (SSSR count). The quantitative estimate of drug-likeness (QED) is 0.832. The van der Waals surface area contributed by atoms with Gasteiger partial charge in [0.05, 0.1) is 17.0 Å². The van der Waals surface area contributed by atoms with Crippen molar-refractivity contribution in [1.29, 1.82) is 5.26 Å². The number of hydrogen-bond donors (Lipinski definition) is 2. The second-order valence-electron chi connectivity index (χ2n) is 2.65. The van der Waals surface area contributed by atoms with Crippen LogP contribution >= 0.6 is 15.9 Å². The fraction of sp³-hybridized carbons (Fsp3) is 0.222. The molecular formula is C9H9BrN2O. The van der Waals surface area contributed by atoms with E-state index < -0.39 is 6.04 Å². The first-order valence-corrected chi connectivity index (χ1v) is 4.56. The molecule has 0 heterocycles. The van der Waals surface area contributed by atoms with Crippen molar-refractivity contribution in [2.24, 2.45) is 5.73 Å². The monoisotopic (exact) mass is 240 g/mol. The minimum atomic E-state index is -0.428. The van der Waals surface area contributed by atoms with Crippen LogP contribution in [0.5, 0.6) is 5.75 Å². The Bertz CT molecular complexity index is 346. The summed E-state index contributed by atoms with van der Waals surface area (Å²) in [4.78, 5) is 0. The zero-order chi connectivity index (χ0) is 9.84. The van der Waals surface area contributed by atoms with Crippen LogP contribution in [0, 0.1) is 11.3 Å². The summed E-state index contributed by atoms with van der Waals surface area (Å²) < 4.78 is 0.596. The minimum absolute atomic E-state index is 0.116. The number of phenolic OH excluding ortho intramolecular Hbond substituents is 1. The Kier molecular flexibility index (Phi) is 3.29. The third-order valence-electron chi connectivity index (χ3n) is 1.73. The maximum atomic E-state index is 9.56. The molecule has 0 saturated carbocycles. The van der Waals surface area contributed by atoms with E-state index in [0.717, 1.165) is 0 Å². The van der Waals surface area contributed by atoms with E-state index in [1.807, 2.05) is 6.07 Å². The summed E-state index contributed by atoms with van der Waals surface area (Å²) in [6, 6.07) is 6.74. The smallest absolute Gasteiger partial charge is 0.134 e. The molecule has 68 valence electrons. The number of rotatable bonds is 2. The van der Waals surface area contributed by atoms with Gasteiger partial charge in [0.2, 0.25) is 0 Å². The molecule has 3 N–H and O–H groups in total. The van der Waals surface area contributed by atoms with Crippen molar-refractivity contribution in [1.82, 2.24) is 0 Å². The van der Waals surface area contributed by atoms with Crippen LogP contribution in [0.4, 0.5) is 0 Å². The number of halogens is 1. The largest absolute Gasteiger partial charge is 0.506 e. The molecule has 1 aromatic carbocycles. The van der Waals surface area contributed by atoms with Crippen molar-refractivity contribution in [3.8, 4) is 11.8 Å². The fourth-order valence-electron chi connectivity index (χ4n) is 1.04. The van der Waals surface area contributed by atoms with E-state index in [0.29, 0.717) is 10.0 Å². The van der Waals surface area contributed by atoms with Gasteiger partial charge in [-0.15, -0.1) is 0 Å². The van der Waals surface area contributed by atoms with Crippen LogP contribution in [-0.4, -0.2) is 5.11 Å². The number of benzene rings is 1. The molecule has 0 aliphatic rings. The molecule has 0 aliphatic carbocycles. The van der Waals surface area contributed by atoms with E-state index in [2.05, 4.69) is 15.9 Å². The molecule has 0 aliphatic heterocycles. The average molecular weight is 241 g/mol. The Morgan fingerprint density at radius 2 is 2.31 bits per heavy atom. The molecule has 4 heteroatoms. The van der Waals surface area contributed by atoms with Crippen molar-refractivity contribution in [2.45, 2.75) is 12.5 Å². The summed E-state index contributed by atoms with van der Waals surface area (Å²) in [5.74, 6) is 0.116. The van der Waals surface area contributed by atoms with Crippen molar-refractivity contribution in [3.05, 3.63) is 28.2 Å². The van der Waals surface area contributed by atoms with Gasteiger partial charge in [-0.1, -0.05) is 12.1 Å². The predicted molar refractivity (Wildman–Crippen MR) is 53.0 cm³/mol. The molecule has 0 spiro atoms. The number of hydrogen-bond acceptors (Lipinski definition) is 3. The lowest BCUT2D eigenvalue weighted by Gasteiger charge is -2.10. The zero-order valence-corrected chi connectivity index (χ0v) is 8.45. The van der Waals surface area contributed by atoms with E-state index in [9.17, 15) is 5.11 Å². The molecule has 1 atom stereocenters. The third kappa shape index (κ3) is 2.20.